The molecule has 19 heavy (non-hydrogen) atoms. The maximum atomic E-state index is 6.27. The van der Waals surface area contributed by atoms with Crippen LogP contribution in [0.25, 0.3) is 5.69 Å². The minimum absolute atomic E-state index is 0.212. The van der Waals surface area contributed by atoms with E-state index in [2.05, 4.69) is 26.2 Å². The molecule has 7 heteroatoms. The summed E-state index contributed by atoms with van der Waals surface area (Å²) in [6, 6.07) is 3.63. The van der Waals surface area contributed by atoms with Crippen LogP contribution in [0.15, 0.2) is 16.6 Å². The molecular weight excluding hydrogens is 351 g/mol. The Hall–Kier alpha value is -0.780. The molecule has 0 aliphatic carbocycles. The van der Waals surface area contributed by atoms with Crippen molar-refractivity contribution in [2.24, 2.45) is 0 Å². The molecular formula is C12H13BrCl2N4. The molecule has 0 fully saturated rings. The first-order chi connectivity index (χ1) is 8.73. The van der Waals surface area contributed by atoms with Crippen molar-refractivity contribution in [2.75, 3.05) is 5.73 Å². The average molecular weight is 364 g/mol. The van der Waals surface area contributed by atoms with E-state index in [1.54, 1.807) is 4.68 Å². The molecule has 102 valence electrons. The zero-order valence-corrected chi connectivity index (χ0v) is 13.8. The van der Waals surface area contributed by atoms with Crippen molar-refractivity contribution < 1.29 is 0 Å². The van der Waals surface area contributed by atoms with Gasteiger partial charge >= 0.3 is 0 Å². The van der Waals surface area contributed by atoms with Crippen LogP contribution in [0.4, 0.5) is 5.82 Å². The van der Waals surface area contributed by atoms with Crippen LogP contribution in [0, 0.1) is 0 Å². The minimum atomic E-state index is -0.212. The third-order valence-corrected chi connectivity index (χ3v) is 4.41. The van der Waals surface area contributed by atoms with Crippen LogP contribution in [0.3, 0.4) is 0 Å². The molecule has 0 bridgehead atoms. The molecule has 4 nitrogen and oxygen atoms in total. The Morgan fingerprint density at radius 1 is 1.21 bits per heavy atom. The van der Waals surface area contributed by atoms with Gasteiger partial charge in [0.15, 0.2) is 5.82 Å². The van der Waals surface area contributed by atoms with Crippen LogP contribution < -0.4 is 5.73 Å². The van der Waals surface area contributed by atoms with Crippen LogP contribution in [-0.4, -0.2) is 15.0 Å². The zero-order valence-electron chi connectivity index (χ0n) is 10.7. The van der Waals surface area contributed by atoms with Crippen LogP contribution >= 0.6 is 39.1 Å². The van der Waals surface area contributed by atoms with E-state index in [9.17, 15) is 0 Å². The average Bonchev–Trinajstić information content (AvgIpc) is 2.68. The molecule has 2 rings (SSSR count). The number of nitrogen functional groups attached to an aromatic ring is 1. The number of hydrogen-bond donors (Lipinski definition) is 1. The van der Waals surface area contributed by atoms with Crippen molar-refractivity contribution in [3.8, 4) is 5.69 Å². The predicted octanol–water partition coefficient (Wildman–Crippen LogP) is 4.22. The second kappa shape index (κ2) is 4.96. The lowest BCUT2D eigenvalue weighted by Gasteiger charge is -2.20. The largest absolute Gasteiger partial charge is 0.381 e. The van der Waals surface area contributed by atoms with Gasteiger partial charge in [-0.2, -0.15) is 0 Å². The van der Waals surface area contributed by atoms with E-state index in [1.807, 2.05) is 32.9 Å². The van der Waals surface area contributed by atoms with Crippen LogP contribution in [-0.2, 0) is 5.41 Å². The Kier molecular flexibility index (Phi) is 3.82. The van der Waals surface area contributed by atoms with Gasteiger partial charge in [0.1, 0.15) is 0 Å². The van der Waals surface area contributed by atoms with E-state index < -0.39 is 0 Å². The molecule has 0 aliphatic heterocycles. The summed E-state index contributed by atoms with van der Waals surface area (Å²) < 4.78 is 2.36. The Balaban J connectivity index is 2.71. The van der Waals surface area contributed by atoms with E-state index in [-0.39, 0.29) is 5.41 Å². The summed E-state index contributed by atoms with van der Waals surface area (Å²) in [5, 5.41) is 8.84. The fourth-order valence-electron chi connectivity index (χ4n) is 1.84. The first-order valence-corrected chi connectivity index (χ1v) is 7.14. The Labute approximate surface area is 130 Å². The summed E-state index contributed by atoms with van der Waals surface area (Å²) in [6.45, 7) is 6.10. The summed E-state index contributed by atoms with van der Waals surface area (Å²) in [6.07, 6.45) is 0. The van der Waals surface area contributed by atoms with E-state index in [0.29, 0.717) is 21.6 Å². The van der Waals surface area contributed by atoms with E-state index in [0.717, 1.165) is 10.2 Å². The third kappa shape index (κ3) is 2.59. The summed E-state index contributed by atoms with van der Waals surface area (Å²) >= 11 is 15.7. The molecule has 0 atom stereocenters. The highest BCUT2D eigenvalue weighted by molar-refractivity contribution is 9.10. The molecule has 0 radical (unpaired) electrons. The van der Waals surface area contributed by atoms with Crippen molar-refractivity contribution >= 4 is 44.9 Å². The van der Waals surface area contributed by atoms with Crippen molar-refractivity contribution in [1.29, 1.82) is 0 Å². The minimum Gasteiger partial charge on any atom is -0.381 e. The number of nitrogens with two attached hydrogens (primary N) is 1. The number of nitrogens with zero attached hydrogens (tertiary/aromatic N) is 3. The molecule has 0 saturated carbocycles. The highest BCUT2D eigenvalue weighted by Gasteiger charge is 2.26. The fourth-order valence-corrected chi connectivity index (χ4v) is 2.69. The van der Waals surface area contributed by atoms with Gasteiger partial charge < -0.3 is 5.73 Å². The van der Waals surface area contributed by atoms with Gasteiger partial charge in [-0.25, -0.2) is 4.68 Å². The second-order valence-electron chi connectivity index (χ2n) is 5.18. The van der Waals surface area contributed by atoms with Gasteiger partial charge in [0.05, 0.1) is 21.4 Å². The van der Waals surface area contributed by atoms with Crippen LogP contribution in [0.2, 0.25) is 10.0 Å². The smallest absolute Gasteiger partial charge is 0.170 e. The van der Waals surface area contributed by atoms with Crippen LogP contribution in [0.5, 0.6) is 0 Å². The summed E-state index contributed by atoms with van der Waals surface area (Å²) in [5.74, 6) is 0.391. The number of halogens is 3. The predicted molar refractivity (Wildman–Crippen MR) is 82.2 cm³/mol. The summed E-state index contributed by atoms with van der Waals surface area (Å²) in [7, 11) is 0. The highest BCUT2D eigenvalue weighted by Crippen LogP contribution is 2.37. The van der Waals surface area contributed by atoms with Crippen molar-refractivity contribution in [1.82, 2.24) is 15.0 Å². The quantitative estimate of drug-likeness (QED) is 0.772. The SMILES string of the molecule is CC(C)(C)c1c(N)nnn1-c1ccc(Br)c(Cl)c1Cl. The van der Waals surface area contributed by atoms with Gasteiger partial charge in [-0.05, 0) is 28.1 Å². The monoisotopic (exact) mass is 362 g/mol. The van der Waals surface area contributed by atoms with Gasteiger partial charge in [0, 0.05) is 9.89 Å². The van der Waals surface area contributed by atoms with Crippen molar-refractivity contribution in [3.05, 3.63) is 32.3 Å². The van der Waals surface area contributed by atoms with Gasteiger partial charge in [0.25, 0.3) is 0 Å². The van der Waals surface area contributed by atoms with E-state index in [4.69, 9.17) is 28.9 Å². The highest BCUT2D eigenvalue weighted by atomic mass is 79.9. The Morgan fingerprint density at radius 3 is 2.42 bits per heavy atom. The number of rotatable bonds is 1. The first-order valence-electron chi connectivity index (χ1n) is 5.59. The molecule has 2 N–H and O–H groups in total. The summed E-state index contributed by atoms with van der Waals surface area (Å²) in [5.41, 5.74) is 7.15. The van der Waals surface area contributed by atoms with Gasteiger partial charge in [-0.15, -0.1) is 5.10 Å². The Bertz CT molecular complexity index is 631. The lowest BCUT2D eigenvalue weighted by atomic mass is 9.91. The van der Waals surface area contributed by atoms with E-state index in [1.165, 1.54) is 0 Å². The topological polar surface area (TPSA) is 56.7 Å². The number of aromatic nitrogens is 3. The second-order valence-corrected chi connectivity index (χ2v) is 6.79. The maximum Gasteiger partial charge on any atom is 0.170 e. The van der Waals surface area contributed by atoms with E-state index >= 15 is 0 Å². The molecule has 0 amide bonds. The molecule has 0 unspecified atom stereocenters. The normalized spacial score (nSPS) is 11.9. The number of hydrogen-bond acceptors (Lipinski definition) is 3. The van der Waals surface area contributed by atoms with Gasteiger partial charge in [0.2, 0.25) is 0 Å². The lowest BCUT2D eigenvalue weighted by molar-refractivity contribution is 0.544. The molecule has 1 aromatic heterocycles. The summed E-state index contributed by atoms with van der Waals surface area (Å²) in [4.78, 5) is 0. The fraction of sp³-hybridized carbons (Fsp3) is 0.333. The molecule has 0 spiro atoms. The zero-order chi connectivity index (χ0) is 14.4. The first kappa shape index (κ1) is 14.6. The Morgan fingerprint density at radius 2 is 1.84 bits per heavy atom. The van der Waals surface area contributed by atoms with Crippen LogP contribution in [0.1, 0.15) is 26.5 Å². The third-order valence-electron chi connectivity index (χ3n) is 2.65. The standard InChI is InChI=1S/C12H13BrCl2N4/c1-12(2,3)10-11(16)17-18-19(10)7-5-4-6(13)8(14)9(7)15/h4-5H,16H2,1-3H3. The molecule has 0 saturated heterocycles. The number of anilines is 1. The maximum absolute atomic E-state index is 6.27. The molecule has 2 aromatic rings. The molecule has 1 heterocycles. The van der Waals surface area contributed by atoms with Gasteiger partial charge in [-0.1, -0.05) is 49.2 Å². The van der Waals surface area contributed by atoms with Gasteiger partial charge in [-0.3, -0.25) is 0 Å². The van der Waals surface area contributed by atoms with Crippen molar-refractivity contribution in [2.45, 2.75) is 26.2 Å². The number of benzene rings is 1. The lowest BCUT2D eigenvalue weighted by Crippen LogP contribution is -2.19. The molecule has 0 aliphatic rings. The molecule has 1 aromatic carbocycles. The van der Waals surface area contributed by atoms with Crippen molar-refractivity contribution in [3.63, 3.8) is 0 Å².